The summed E-state index contributed by atoms with van der Waals surface area (Å²) in [5.41, 5.74) is 10.3. The quantitative estimate of drug-likeness (QED) is 0.172. The maximum Gasteiger partial charge on any atom is 0.0541 e. The van der Waals surface area contributed by atoms with Crippen molar-refractivity contribution in [1.82, 2.24) is 9.13 Å². The first kappa shape index (κ1) is 28.1. The molecule has 0 N–H and O–H groups in total. The zero-order chi connectivity index (χ0) is 31.5. The molecule has 0 spiro atoms. The molecule has 47 heavy (non-hydrogen) atoms. The molecule has 0 unspecified atom stereocenters. The van der Waals surface area contributed by atoms with E-state index in [-0.39, 0.29) is 0 Å². The van der Waals surface area contributed by atoms with Crippen molar-refractivity contribution in [1.29, 1.82) is 0 Å². The highest BCUT2D eigenvalue weighted by atomic mass is 79.9. The molecule has 224 valence electrons. The highest BCUT2D eigenvalue weighted by molar-refractivity contribution is 9.11. The van der Waals surface area contributed by atoms with E-state index in [1.165, 1.54) is 43.6 Å². The van der Waals surface area contributed by atoms with Crippen LogP contribution in [-0.2, 0) is 0 Å². The molecule has 7 aromatic carbocycles. The molecule has 0 saturated carbocycles. The number of aromatic nitrogens is 2. The second kappa shape index (κ2) is 11.3. The van der Waals surface area contributed by atoms with Crippen molar-refractivity contribution < 1.29 is 0 Å². The van der Waals surface area contributed by atoms with Crippen LogP contribution < -0.4 is 4.90 Å². The van der Waals surface area contributed by atoms with Crippen molar-refractivity contribution in [2.45, 2.75) is 0 Å². The summed E-state index contributed by atoms with van der Waals surface area (Å²) in [5, 5.41) is 5.04. The minimum absolute atomic E-state index is 1.01. The van der Waals surface area contributed by atoms with Gasteiger partial charge in [0.05, 0.1) is 22.1 Å². The molecule has 0 aliphatic carbocycles. The summed E-state index contributed by atoms with van der Waals surface area (Å²) in [6, 6.07) is 58.7. The first-order valence-electron chi connectivity index (χ1n) is 15.6. The standard InChI is InChI=1S/C42H27Br2N3/c43-28-25-29(44)27-34(26-28)45(30-17-21-32(22-18-30)46-39-13-5-1-9-35(39)36-10-2-6-14-40(36)46)31-19-23-33(24-20-31)47-41-15-7-3-11-37(41)38-12-4-8-16-42(38)47/h1-27H. The molecule has 3 nitrogen and oxygen atoms in total. The first-order valence-corrected chi connectivity index (χ1v) is 17.2. The maximum absolute atomic E-state index is 3.73. The number of para-hydroxylation sites is 4. The molecule has 0 fully saturated rings. The topological polar surface area (TPSA) is 13.1 Å². The van der Waals surface area contributed by atoms with Crippen LogP contribution in [0.15, 0.2) is 173 Å². The number of rotatable bonds is 5. The van der Waals surface area contributed by atoms with Crippen LogP contribution in [0.2, 0.25) is 0 Å². The fraction of sp³-hybridized carbons (Fsp3) is 0. The fourth-order valence-electron chi connectivity index (χ4n) is 7.02. The summed E-state index contributed by atoms with van der Waals surface area (Å²) in [6.45, 7) is 0. The lowest BCUT2D eigenvalue weighted by atomic mass is 10.1. The van der Waals surface area contributed by atoms with Crippen LogP contribution in [0.3, 0.4) is 0 Å². The Morgan fingerprint density at radius 3 is 1.00 bits per heavy atom. The molecule has 0 aliphatic rings. The third kappa shape index (κ3) is 4.69. The monoisotopic (exact) mass is 731 g/mol. The lowest BCUT2D eigenvalue weighted by Gasteiger charge is -2.26. The van der Waals surface area contributed by atoms with Crippen LogP contribution in [0.1, 0.15) is 0 Å². The number of benzene rings is 7. The van der Waals surface area contributed by atoms with Gasteiger partial charge in [-0.2, -0.15) is 0 Å². The zero-order valence-corrected chi connectivity index (χ0v) is 28.4. The van der Waals surface area contributed by atoms with E-state index in [0.29, 0.717) is 0 Å². The summed E-state index contributed by atoms with van der Waals surface area (Å²) in [7, 11) is 0. The van der Waals surface area contributed by atoms with Gasteiger partial charge in [-0.1, -0.05) is 105 Å². The van der Waals surface area contributed by atoms with Crippen molar-refractivity contribution in [3.05, 3.63) is 173 Å². The lowest BCUT2D eigenvalue weighted by molar-refractivity contribution is 1.17. The molecule has 0 radical (unpaired) electrons. The van der Waals surface area contributed by atoms with Gasteiger partial charge < -0.3 is 14.0 Å². The number of anilines is 3. The highest BCUT2D eigenvalue weighted by Crippen LogP contribution is 2.40. The molecule has 0 aliphatic heterocycles. The Bertz CT molecular complexity index is 2310. The normalized spacial score (nSPS) is 11.6. The average molecular weight is 734 g/mol. The second-order valence-electron chi connectivity index (χ2n) is 11.7. The van der Waals surface area contributed by atoms with E-state index >= 15 is 0 Å². The Morgan fingerprint density at radius 1 is 0.340 bits per heavy atom. The van der Waals surface area contributed by atoms with Crippen LogP contribution in [-0.4, -0.2) is 9.13 Å². The first-order chi connectivity index (χ1) is 23.1. The molecule has 0 amide bonds. The molecular weight excluding hydrogens is 706 g/mol. The van der Waals surface area contributed by atoms with Crippen LogP contribution >= 0.6 is 31.9 Å². The molecule has 0 atom stereocenters. The van der Waals surface area contributed by atoms with Crippen molar-refractivity contribution in [3.63, 3.8) is 0 Å². The van der Waals surface area contributed by atoms with E-state index in [4.69, 9.17) is 0 Å². The maximum atomic E-state index is 3.73. The van der Waals surface area contributed by atoms with Gasteiger partial charge >= 0.3 is 0 Å². The van der Waals surface area contributed by atoms with E-state index in [2.05, 4.69) is 210 Å². The summed E-state index contributed by atoms with van der Waals surface area (Å²) in [5.74, 6) is 0. The number of halogens is 2. The zero-order valence-electron chi connectivity index (χ0n) is 25.2. The van der Waals surface area contributed by atoms with Crippen molar-refractivity contribution >= 4 is 92.5 Å². The summed E-state index contributed by atoms with van der Waals surface area (Å²) >= 11 is 7.46. The molecule has 2 heterocycles. The van der Waals surface area contributed by atoms with Gasteiger partial charge in [0.2, 0.25) is 0 Å². The van der Waals surface area contributed by atoms with Crippen LogP contribution in [0.5, 0.6) is 0 Å². The molecule has 9 aromatic rings. The van der Waals surface area contributed by atoms with Crippen LogP contribution in [0, 0.1) is 0 Å². The third-order valence-electron chi connectivity index (χ3n) is 9.00. The lowest BCUT2D eigenvalue weighted by Crippen LogP contribution is -2.10. The Kier molecular flexibility index (Phi) is 6.77. The number of fused-ring (bicyclic) bond motifs is 6. The minimum atomic E-state index is 1.01. The minimum Gasteiger partial charge on any atom is -0.310 e. The number of nitrogens with zero attached hydrogens (tertiary/aromatic N) is 3. The largest absolute Gasteiger partial charge is 0.310 e. The molecule has 2 aromatic heterocycles. The SMILES string of the molecule is Brc1cc(Br)cc(N(c2ccc(-n3c4ccccc4c4ccccc43)cc2)c2ccc(-n3c4ccccc4c4ccccc43)cc2)c1. The number of hydrogen-bond acceptors (Lipinski definition) is 1. The van der Waals surface area contributed by atoms with Gasteiger partial charge in [0.15, 0.2) is 0 Å². The van der Waals surface area contributed by atoms with Crippen LogP contribution in [0.25, 0.3) is 55.0 Å². The van der Waals surface area contributed by atoms with E-state index in [1.54, 1.807) is 0 Å². The van der Waals surface area contributed by atoms with Crippen LogP contribution in [0.4, 0.5) is 17.1 Å². The van der Waals surface area contributed by atoms with Gasteiger partial charge in [-0.15, -0.1) is 0 Å². The van der Waals surface area contributed by atoms with Gasteiger partial charge in [0.25, 0.3) is 0 Å². The third-order valence-corrected chi connectivity index (χ3v) is 9.91. The second-order valence-corrected chi connectivity index (χ2v) is 13.6. The smallest absolute Gasteiger partial charge is 0.0541 e. The Hall–Kier alpha value is -5.10. The van der Waals surface area contributed by atoms with Gasteiger partial charge in [-0.3, -0.25) is 0 Å². The molecular formula is C42H27Br2N3. The molecule has 9 rings (SSSR count). The predicted molar refractivity (Wildman–Crippen MR) is 205 cm³/mol. The fourth-order valence-corrected chi connectivity index (χ4v) is 8.29. The summed E-state index contributed by atoms with van der Waals surface area (Å²) in [4.78, 5) is 2.31. The number of hydrogen-bond donors (Lipinski definition) is 0. The molecule has 0 saturated heterocycles. The van der Waals surface area contributed by atoms with E-state index in [9.17, 15) is 0 Å². The van der Waals surface area contributed by atoms with E-state index in [0.717, 1.165) is 37.4 Å². The summed E-state index contributed by atoms with van der Waals surface area (Å²) < 4.78 is 6.73. The Balaban J connectivity index is 1.17. The highest BCUT2D eigenvalue weighted by Gasteiger charge is 2.17. The molecule has 5 heteroatoms. The predicted octanol–water partition coefficient (Wildman–Crippen LogP) is 12.9. The average Bonchev–Trinajstić information content (AvgIpc) is 3.62. The van der Waals surface area contributed by atoms with Gasteiger partial charge in [-0.05, 0) is 91.0 Å². The van der Waals surface area contributed by atoms with Gasteiger partial charge in [0.1, 0.15) is 0 Å². The van der Waals surface area contributed by atoms with Crippen molar-refractivity contribution in [2.24, 2.45) is 0 Å². The van der Waals surface area contributed by atoms with Crippen molar-refractivity contribution in [3.8, 4) is 11.4 Å². The van der Waals surface area contributed by atoms with Gasteiger partial charge in [-0.25, -0.2) is 0 Å². The molecule has 0 bridgehead atoms. The van der Waals surface area contributed by atoms with E-state index in [1.807, 2.05) is 0 Å². The Labute approximate surface area is 289 Å². The summed E-state index contributed by atoms with van der Waals surface area (Å²) in [6.07, 6.45) is 0. The van der Waals surface area contributed by atoms with Crippen molar-refractivity contribution in [2.75, 3.05) is 4.90 Å². The van der Waals surface area contributed by atoms with E-state index < -0.39 is 0 Å². The van der Waals surface area contributed by atoms with Gasteiger partial charge in [0, 0.05) is 58.9 Å². The Morgan fingerprint density at radius 2 is 0.660 bits per heavy atom.